The number of carbonyl (C=O) groups is 2. The van der Waals surface area contributed by atoms with Crippen LogP contribution in [-0.2, 0) is 9.59 Å². The second-order valence-corrected chi connectivity index (χ2v) is 7.14. The Hall–Kier alpha value is -1.27. The van der Waals surface area contributed by atoms with Crippen molar-refractivity contribution in [3.8, 4) is 0 Å². The summed E-state index contributed by atoms with van der Waals surface area (Å²) in [5, 5.41) is 11.2. The van der Waals surface area contributed by atoms with Gasteiger partial charge in [-0.25, -0.2) is 4.79 Å². The number of rotatable bonds is 5. The average Bonchev–Trinajstić information content (AvgIpc) is 3.03. The van der Waals surface area contributed by atoms with Gasteiger partial charge in [-0.05, 0) is 36.4 Å². The summed E-state index contributed by atoms with van der Waals surface area (Å²) in [6.45, 7) is 4.04. The van der Waals surface area contributed by atoms with Gasteiger partial charge in [0.05, 0.1) is 5.37 Å². The molecular formula is C15H19NO3S2. The van der Waals surface area contributed by atoms with Crippen molar-refractivity contribution in [2.24, 2.45) is 0 Å². The largest absolute Gasteiger partial charge is 0.480 e. The van der Waals surface area contributed by atoms with E-state index < -0.39 is 12.0 Å². The number of amides is 1. The number of carbonyl (C=O) groups excluding carboxylic acids is 1. The molecule has 6 heteroatoms. The van der Waals surface area contributed by atoms with E-state index in [0.29, 0.717) is 5.75 Å². The first-order valence-corrected chi connectivity index (χ1v) is 8.86. The highest BCUT2D eigenvalue weighted by Gasteiger charge is 2.40. The van der Waals surface area contributed by atoms with Gasteiger partial charge in [0.25, 0.3) is 0 Å². The molecule has 1 saturated heterocycles. The Morgan fingerprint density at radius 2 is 2.29 bits per heavy atom. The van der Waals surface area contributed by atoms with E-state index >= 15 is 0 Å². The number of nitrogens with zero attached hydrogens (tertiary/aromatic N) is 1. The summed E-state index contributed by atoms with van der Waals surface area (Å²) in [6, 6.07) is 1.29. The number of aryl methyl sites for hydroxylation is 1. The van der Waals surface area contributed by atoms with E-state index in [1.165, 1.54) is 11.0 Å². The van der Waals surface area contributed by atoms with Crippen LogP contribution in [-0.4, -0.2) is 39.1 Å². The van der Waals surface area contributed by atoms with E-state index in [2.05, 4.69) is 0 Å². The number of hydrogen-bond donors (Lipinski definition) is 1. The SMILES string of the molecule is CCCC1SCC(C(=O)O)N1C(=O)C=Cc1sccc1C. The molecule has 1 N–H and O–H groups in total. The van der Waals surface area contributed by atoms with Gasteiger partial charge in [-0.15, -0.1) is 23.1 Å². The van der Waals surface area contributed by atoms with Crippen molar-refractivity contribution in [1.82, 2.24) is 4.90 Å². The Balaban J connectivity index is 2.15. The lowest BCUT2D eigenvalue weighted by atomic mass is 10.2. The Bertz CT molecular complexity index is 553. The molecule has 1 aliphatic rings. The van der Waals surface area contributed by atoms with E-state index in [9.17, 15) is 14.7 Å². The molecule has 0 bridgehead atoms. The van der Waals surface area contributed by atoms with Gasteiger partial charge in [0.1, 0.15) is 6.04 Å². The van der Waals surface area contributed by atoms with Crippen molar-refractivity contribution in [2.45, 2.75) is 38.1 Å². The molecule has 2 rings (SSSR count). The van der Waals surface area contributed by atoms with Gasteiger partial charge in [-0.3, -0.25) is 4.79 Å². The molecule has 0 aromatic carbocycles. The van der Waals surface area contributed by atoms with Gasteiger partial charge in [0.2, 0.25) is 5.91 Å². The fourth-order valence-electron chi connectivity index (χ4n) is 2.31. The number of carboxylic acids is 1. The third kappa shape index (κ3) is 3.68. The molecule has 1 aliphatic heterocycles. The maximum Gasteiger partial charge on any atom is 0.327 e. The third-order valence-electron chi connectivity index (χ3n) is 3.45. The highest BCUT2D eigenvalue weighted by molar-refractivity contribution is 8.00. The van der Waals surface area contributed by atoms with Crippen molar-refractivity contribution in [3.63, 3.8) is 0 Å². The number of thiophene rings is 1. The highest BCUT2D eigenvalue weighted by atomic mass is 32.2. The molecule has 2 atom stereocenters. The number of carboxylic acid groups (broad SMARTS) is 1. The van der Waals surface area contributed by atoms with E-state index in [0.717, 1.165) is 23.3 Å². The number of aliphatic carboxylic acids is 1. The van der Waals surface area contributed by atoms with Gasteiger partial charge in [-0.2, -0.15) is 0 Å². The van der Waals surface area contributed by atoms with Gasteiger partial charge in [0.15, 0.2) is 0 Å². The maximum absolute atomic E-state index is 12.4. The zero-order valence-corrected chi connectivity index (χ0v) is 13.7. The fourth-order valence-corrected chi connectivity index (χ4v) is 4.65. The van der Waals surface area contributed by atoms with Crippen LogP contribution < -0.4 is 0 Å². The zero-order chi connectivity index (χ0) is 15.4. The standard InChI is InChI=1S/C15H19NO3S2/c1-3-4-14-16(11(9-21-14)15(18)19)13(17)6-5-12-10(2)7-8-20-12/h5-8,11,14H,3-4,9H2,1-2H3,(H,18,19). The lowest BCUT2D eigenvalue weighted by Gasteiger charge is -2.25. The molecule has 1 fully saturated rings. The van der Waals surface area contributed by atoms with Crippen molar-refractivity contribution < 1.29 is 14.7 Å². The topological polar surface area (TPSA) is 57.6 Å². The molecule has 0 spiro atoms. The van der Waals surface area contributed by atoms with Crippen molar-refractivity contribution in [2.75, 3.05) is 5.75 Å². The minimum Gasteiger partial charge on any atom is -0.480 e. The first-order valence-electron chi connectivity index (χ1n) is 6.93. The fraction of sp³-hybridized carbons (Fsp3) is 0.467. The summed E-state index contributed by atoms with van der Waals surface area (Å²) in [5.41, 5.74) is 1.12. The van der Waals surface area contributed by atoms with Crippen molar-refractivity contribution in [3.05, 3.63) is 28.0 Å². The number of hydrogen-bond acceptors (Lipinski definition) is 4. The maximum atomic E-state index is 12.4. The van der Waals surface area contributed by atoms with Gasteiger partial charge < -0.3 is 10.0 Å². The van der Waals surface area contributed by atoms with Crippen LogP contribution in [0.1, 0.15) is 30.2 Å². The Morgan fingerprint density at radius 3 is 2.86 bits per heavy atom. The molecule has 2 heterocycles. The lowest BCUT2D eigenvalue weighted by Crippen LogP contribution is -2.44. The monoisotopic (exact) mass is 325 g/mol. The molecular weight excluding hydrogens is 306 g/mol. The normalized spacial score (nSPS) is 22.1. The molecule has 4 nitrogen and oxygen atoms in total. The molecule has 1 aromatic heterocycles. The first-order chi connectivity index (χ1) is 10.0. The molecule has 1 amide bonds. The van der Waals surface area contributed by atoms with Crippen LogP contribution in [0.3, 0.4) is 0 Å². The van der Waals surface area contributed by atoms with Crippen molar-refractivity contribution in [1.29, 1.82) is 0 Å². The minimum absolute atomic E-state index is 0.0299. The van der Waals surface area contributed by atoms with E-state index in [1.807, 2.05) is 25.3 Å². The smallest absolute Gasteiger partial charge is 0.327 e. The lowest BCUT2D eigenvalue weighted by molar-refractivity contribution is -0.147. The Morgan fingerprint density at radius 1 is 1.52 bits per heavy atom. The Kier molecular flexibility index (Phi) is 5.47. The molecule has 114 valence electrons. The summed E-state index contributed by atoms with van der Waals surface area (Å²) in [5.74, 6) is -0.661. The molecule has 0 aliphatic carbocycles. The van der Waals surface area contributed by atoms with Gasteiger partial charge >= 0.3 is 5.97 Å². The molecule has 0 saturated carbocycles. The van der Waals surface area contributed by atoms with Gasteiger partial charge in [-0.1, -0.05) is 13.3 Å². The average molecular weight is 325 g/mol. The second kappa shape index (κ2) is 7.13. The van der Waals surface area contributed by atoms with Crippen molar-refractivity contribution >= 4 is 41.1 Å². The second-order valence-electron chi connectivity index (χ2n) is 4.98. The summed E-state index contributed by atoms with van der Waals surface area (Å²) in [4.78, 5) is 26.3. The van der Waals surface area contributed by atoms with Crippen LogP contribution >= 0.6 is 23.1 Å². The highest BCUT2D eigenvalue weighted by Crippen LogP contribution is 2.32. The first kappa shape index (κ1) is 16.1. The summed E-state index contributed by atoms with van der Waals surface area (Å²) in [7, 11) is 0. The van der Waals surface area contributed by atoms with Crippen LogP contribution in [0.4, 0.5) is 0 Å². The van der Waals surface area contributed by atoms with Crippen LogP contribution in [0.15, 0.2) is 17.5 Å². The van der Waals surface area contributed by atoms with E-state index in [1.54, 1.807) is 29.2 Å². The van der Waals surface area contributed by atoms with Crippen LogP contribution in [0, 0.1) is 6.92 Å². The van der Waals surface area contributed by atoms with Crippen LogP contribution in [0.2, 0.25) is 0 Å². The summed E-state index contributed by atoms with van der Waals surface area (Å²) >= 11 is 3.13. The molecule has 1 aromatic rings. The van der Waals surface area contributed by atoms with Crippen LogP contribution in [0.25, 0.3) is 6.08 Å². The van der Waals surface area contributed by atoms with E-state index in [-0.39, 0.29) is 11.3 Å². The summed E-state index contributed by atoms with van der Waals surface area (Å²) in [6.07, 6.45) is 5.05. The molecule has 21 heavy (non-hydrogen) atoms. The third-order valence-corrected chi connectivity index (χ3v) is 5.79. The quantitative estimate of drug-likeness (QED) is 0.845. The van der Waals surface area contributed by atoms with E-state index in [4.69, 9.17) is 0 Å². The minimum atomic E-state index is -0.921. The predicted octanol–water partition coefficient (Wildman–Crippen LogP) is 3.22. The number of thioether (sulfide) groups is 1. The zero-order valence-electron chi connectivity index (χ0n) is 12.1. The molecule has 2 unspecified atom stereocenters. The molecule has 0 radical (unpaired) electrons. The van der Waals surface area contributed by atoms with Gasteiger partial charge in [0, 0.05) is 16.7 Å². The summed E-state index contributed by atoms with van der Waals surface area (Å²) < 4.78 is 0. The van der Waals surface area contributed by atoms with Crippen LogP contribution in [0.5, 0.6) is 0 Å². The predicted molar refractivity (Wildman–Crippen MR) is 87.5 cm³/mol. The Labute approximate surface area is 132 Å².